The Morgan fingerprint density at radius 2 is 1.90 bits per heavy atom. The van der Waals surface area contributed by atoms with Crippen LogP contribution >= 0.6 is 0 Å². The lowest BCUT2D eigenvalue weighted by Gasteiger charge is -2.34. The Labute approximate surface area is 121 Å². The fourth-order valence-corrected chi connectivity index (χ4v) is 2.88. The molecule has 1 saturated heterocycles. The first-order chi connectivity index (χ1) is 9.63. The van der Waals surface area contributed by atoms with Crippen LogP contribution in [0.3, 0.4) is 0 Å². The van der Waals surface area contributed by atoms with Crippen LogP contribution in [0, 0.1) is 0 Å². The Kier molecular flexibility index (Phi) is 5.40. The molecule has 0 spiro atoms. The fourth-order valence-electron chi connectivity index (χ4n) is 2.88. The van der Waals surface area contributed by atoms with E-state index in [2.05, 4.69) is 13.8 Å². The minimum absolute atomic E-state index is 0.131. The Hall–Kier alpha value is -1.10. The van der Waals surface area contributed by atoms with E-state index in [0.29, 0.717) is 6.54 Å². The third-order valence-corrected chi connectivity index (χ3v) is 3.71. The number of hydrogen-bond acceptors (Lipinski definition) is 4. The number of methoxy groups -OCH3 is 1. The van der Waals surface area contributed by atoms with Crippen molar-refractivity contribution in [3.05, 3.63) is 29.8 Å². The van der Waals surface area contributed by atoms with Gasteiger partial charge >= 0.3 is 0 Å². The Bertz CT molecular complexity index is 414. The van der Waals surface area contributed by atoms with Crippen molar-refractivity contribution in [3.63, 3.8) is 0 Å². The van der Waals surface area contributed by atoms with E-state index in [0.717, 1.165) is 24.2 Å². The van der Waals surface area contributed by atoms with Crippen LogP contribution in [0.4, 0.5) is 0 Å². The number of benzene rings is 1. The van der Waals surface area contributed by atoms with Gasteiger partial charge in [-0.05, 0) is 32.8 Å². The van der Waals surface area contributed by atoms with Gasteiger partial charge in [-0.1, -0.05) is 18.2 Å². The second-order valence-electron chi connectivity index (χ2n) is 5.45. The van der Waals surface area contributed by atoms with Crippen LogP contribution in [0.1, 0.15) is 38.4 Å². The highest BCUT2D eigenvalue weighted by atomic mass is 16.5. The summed E-state index contributed by atoms with van der Waals surface area (Å²) in [5, 5.41) is 0. The van der Waals surface area contributed by atoms with Crippen LogP contribution in [0.2, 0.25) is 0 Å². The lowest BCUT2D eigenvalue weighted by atomic mass is 10.0. The highest BCUT2D eigenvalue weighted by Crippen LogP contribution is 2.31. The van der Waals surface area contributed by atoms with Gasteiger partial charge in [-0.2, -0.15) is 0 Å². The van der Waals surface area contributed by atoms with E-state index in [1.165, 1.54) is 0 Å². The molecular weight excluding hydrogens is 254 g/mol. The molecule has 1 fully saturated rings. The van der Waals surface area contributed by atoms with Gasteiger partial charge in [0.2, 0.25) is 0 Å². The number of nitrogens with two attached hydrogens (primary N) is 1. The number of ether oxygens (including phenoxy) is 3. The second kappa shape index (κ2) is 7.07. The van der Waals surface area contributed by atoms with Crippen LogP contribution in [-0.4, -0.2) is 32.0 Å². The molecule has 0 amide bonds. The van der Waals surface area contributed by atoms with E-state index in [1.54, 1.807) is 7.11 Å². The molecule has 1 aromatic carbocycles. The quantitative estimate of drug-likeness (QED) is 0.900. The molecule has 0 aliphatic carbocycles. The standard InChI is InChI=1S/C16H25NO3/c1-11-8-13(9-12(2)19-11)20-16(10-17)14-6-4-5-7-15(14)18-3/h4-7,11-13,16H,8-10,17H2,1-3H3. The largest absolute Gasteiger partial charge is 0.496 e. The molecule has 1 aliphatic heterocycles. The van der Waals surface area contributed by atoms with Crippen molar-refractivity contribution < 1.29 is 14.2 Å². The van der Waals surface area contributed by atoms with Crippen molar-refractivity contribution in [3.8, 4) is 5.75 Å². The van der Waals surface area contributed by atoms with Crippen molar-refractivity contribution in [1.82, 2.24) is 0 Å². The monoisotopic (exact) mass is 279 g/mol. The lowest BCUT2D eigenvalue weighted by Crippen LogP contribution is -2.36. The second-order valence-corrected chi connectivity index (χ2v) is 5.45. The van der Waals surface area contributed by atoms with Gasteiger partial charge in [0, 0.05) is 12.1 Å². The molecule has 0 bridgehead atoms. The van der Waals surface area contributed by atoms with Gasteiger partial charge in [0.05, 0.1) is 31.5 Å². The summed E-state index contributed by atoms with van der Waals surface area (Å²) in [7, 11) is 1.67. The average molecular weight is 279 g/mol. The van der Waals surface area contributed by atoms with Crippen molar-refractivity contribution >= 4 is 0 Å². The fraction of sp³-hybridized carbons (Fsp3) is 0.625. The topological polar surface area (TPSA) is 53.7 Å². The van der Waals surface area contributed by atoms with Gasteiger partial charge in [-0.25, -0.2) is 0 Å². The van der Waals surface area contributed by atoms with Crippen molar-refractivity contribution in [2.75, 3.05) is 13.7 Å². The van der Waals surface area contributed by atoms with E-state index in [4.69, 9.17) is 19.9 Å². The van der Waals surface area contributed by atoms with Crippen LogP contribution < -0.4 is 10.5 Å². The first-order valence-electron chi connectivity index (χ1n) is 7.28. The number of para-hydroxylation sites is 1. The zero-order chi connectivity index (χ0) is 14.5. The predicted octanol–water partition coefficient (Wildman–Crippen LogP) is 2.67. The molecular formula is C16H25NO3. The summed E-state index contributed by atoms with van der Waals surface area (Å²) in [6.07, 6.45) is 2.35. The van der Waals surface area contributed by atoms with Crippen molar-refractivity contribution in [1.29, 1.82) is 0 Å². The molecule has 2 rings (SSSR count). The molecule has 1 aliphatic rings. The molecule has 1 aromatic rings. The molecule has 4 heteroatoms. The summed E-state index contributed by atoms with van der Waals surface area (Å²) in [5.74, 6) is 0.830. The van der Waals surface area contributed by atoms with Crippen LogP contribution in [0.15, 0.2) is 24.3 Å². The van der Waals surface area contributed by atoms with Gasteiger partial charge in [0.1, 0.15) is 5.75 Å². The molecule has 2 N–H and O–H groups in total. The van der Waals surface area contributed by atoms with Gasteiger partial charge in [0.25, 0.3) is 0 Å². The average Bonchev–Trinajstić information content (AvgIpc) is 2.43. The molecule has 0 saturated carbocycles. The smallest absolute Gasteiger partial charge is 0.124 e. The molecule has 0 aromatic heterocycles. The molecule has 0 radical (unpaired) electrons. The molecule has 20 heavy (non-hydrogen) atoms. The van der Waals surface area contributed by atoms with Gasteiger partial charge in [0.15, 0.2) is 0 Å². The van der Waals surface area contributed by atoms with Gasteiger partial charge in [-0.15, -0.1) is 0 Å². The SMILES string of the molecule is COc1ccccc1C(CN)OC1CC(C)OC(C)C1. The van der Waals surface area contributed by atoms with E-state index in [-0.39, 0.29) is 24.4 Å². The Morgan fingerprint density at radius 1 is 1.25 bits per heavy atom. The third kappa shape index (κ3) is 3.72. The summed E-state index contributed by atoms with van der Waals surface area (Å²) in [6, 6.07) is 7.90. The minimum atomic E-state index is -0.131. The predicted molar refractivity (Wildman–Crippen MR) is 78.9 cm³/mol. The Balaban J connectivity index is 2.08. The first kappa shape index (κ1) is 15.3. The van der Waals surface area contributed by atoms with E-state index in [1.807, 2.05) is 24.3 Å². The summed E-state index contributed by atoms with van der Waals surface area (Å²) >= 11 is 0. The van der Waals surface area contributed by atoms with Crippen LogP contribution in [0.5, 0.6) is 5.75 Å². The summed E-state index contributed by atoms with van der Waals surface area (Å²) < 4.78 is 17.4. The maximum atomic E-state index is 6.22. The lowest BCUT2D eigenvalue weighted by molar-refractivity contribution is -0.121. The van der Waals surface area contributed by atoms with Gasteiger partial charge in [-0.3, -0.25) is 0 Å². The summed E-state index contributed by atoms with van der Waals surface area (Å²) in [4.78, 5) is 0. The highest BCUT2D eigenvalue weighted by molar-refractivity contribution is 5.35. The summed E-state index contributed by atoms with van der Waals surface area (Å²) in [6.45, 7) is 4.62. The van der Waals surface area contributed by atoms with E-state index in [9.17, 15) is 0 Å². The zero-order valence-electron chi connectivity index (χ0n) is 12.5. The van der Waals surface area contributed by atoms with Crippen molar-refractivity contribution in [2.24, 2.45) is 5.73 Å². The van der Waals surface area contributed by atoms with Crippen molar-refractivity contribution in [2.45, 2.75) is 51.1 Å². The maximum absolute atomic E-state index is 6.22. The number of rotatable bonds is 5. The molecule has 3 unspecified atom stereocenters. The highest BCUT2D eigenvalue weighted by Gasteiger charge is 2.28. The van der Waals surface area contributed by atoms with E-state index >= 15 is 0 Å². The third-order valence-electron chi connectivity index (χ3n) is 3.71. The summed E-state index contributed by atoms with van der Waals surface area (Å²) in [5.41, 5.74) is 6.92. The zero-order valence-corrected chi connectivity index (χ0v) is 12.5. The Morgan fingerprint density at radius 3 is 2.50 bits per heavy atom. The number of hydrogen-bond donors (Lipinski definition) is 1. The van der Waals surface area contributed by atoms with E-state index < -0.39 is 0 Å². The molecule has 1 heterocycles. The normalized spacial score (nSPS) is 28.1. The molecule has 112 valence electrons. The minimum Gasteiger partial charge on any atom is -0.496 e. The van der Waals surface area contributed by atoms with Gasteiger partial charge < -0.3 is 19.9 Å². The van der Waals surface area contributed by atoms with Crippen LogP contribution in [-0.2, 0) is 9.47 Å². The molecule has 3 atom stereocenters. The van der Waals surface area contributed by atoms with Crippen LogP contribution in [0.25, 0.3) is 0 Å². The molecule has 4 nitrogen and oxygen atoms in total. The first-order valence-corrected chi connectivity index (χ1v) is 7.28. The maximum Gasteiger partial charge on any atom is 0.124 e.